The number of halogens is 1. The summed E-state index contributed by atoms with van der Waals surface area (Å²) in [6.45, 7) is 3.49. The predicted molar refractivity (Wildman–Crippen MR) is 71.3 cm³/mol. The molecule has 1 atom stereocenters. The standard InChI is InChI=1S/C14H16FNO4/c1-3-4-5-11(14(18)19)16-13(17)9-6-7-12(20-2)10(15)8-9/h3,6-8,11H,1,4-5H2,2H3,(H,16,17)(H,18,19). The third-order valence-corrected chi connectivity index (χ3v) is 2.68. The van der Waals surface area contributed by atoms with Crippen molar-refractivity contribution in [1.82, 2.24) is 5.32 Å². The highest BCUT2D eigenvalue weighted by Gasteiger charge is 2.20. The van der Waals surface area contributed by atoms with E-state index in [-0.39, 0.29) is 17.7 Å². The van der Waals surface area contributed by atoms with Crippen LogP contribution in [0.15, 0.2) is 30.9 Å². The van der Waals surface area contributed by atoms with E-state index in [0.717, 1.165) is 6.07 Å². The van der Waals surface area contributed by atoms with Crippen LogP contribution in [0.3, 0.4) is 0 Å². The lowest BCUT2D eigenvalue weighted by molar-refractivity contribution is -0.139. The average Bonchev–Trinajstić information content (AvgIpc) is 2.42. The van der Waals surface area contributed by atoms with Crippen LogP contribution >= 0.6 is 0 Å². The van der Waals surface area contributed by atoms with Crippen LogP contribution in [0.25, 0.3) is 0 Å². The molecule has 0 aromatic heterocycles. The number of aliphatic carboxylic acids is 1. The molecule has 1 aromatic rings. The number of carboxylic acids is 1. The Bertz CT molecular complexity index is 516. The highest BCUT2D eigenvalue weighted by atomic mass is 19.1. The Hall–Kier alpha value is -2.37. The van der Waals surface area contributed by atoms with Gasteiger partial charge in [-0.25, -0.2) is 9.18 Å². The number of amides is 1. The SMILES string of the molecule is C=CCCC(NC(=O)c1ccc(OC)c(F)c1)C(=O)O. The zero-order valence-electron chi connectivity index (χ0n) is 11.1. The van der Waals surface area contributed by atoms with Crippen LogP contribution in [0.4, 0.5) is 4.39 Å². The van der Waals surface area contributed by atoms with Crippen molar-refractivity contribution in [3.8, 4) is 5.75 Å². The number of hydrogen-bond acceptors (Lipinski definition) is 3. The zero-order chi connectivity index (χ0) is 15.1. The fourth-order valence-electron chi connectivity index (χ4n) is 1.59. The minimum Gasteiger partial charge on any atom is -0.494 e. The van der Waals surface area contributed by atoms with Crippen LogP contribution in [0.1, 0.15) is 23.2 Å². The number of benzene rings is 1. The molecule has 108 valence electrons. The molecule has 0 fully saturated rings. The normalized spacial score (nSPS) is 11.5. The van der Waals surface area contributed by atoms with Crippen molar-refractivity contribution < 1.29 is 23.8 Å². The molecule has 0 saturated heterocycles. The van der Waals surface area contributed by atoms with Crippen LogP contribution < -0.4 is 10.1 Å². The summed E-state index contributed by atoms with van der Waals surface area (Å²) in [4.78, 5) is 22.9. The van der Waals surface area contributed by atoms with Crippen molar-refractivity contribution in [3.05, 3.63) is 42.2 Å². The van der Waals surface area contributed by atoms with Gasteiger partial charge in [-0.15, -0.1) is 6.58 Å². The van der Waals surface area contributed by atoms with E-state index in [1.807, 2.05) is 0 Å². The van der Waals surface area contributed by atoms with E-state index in [1.165, 1.54) is 19.2 Å². The quantitative estimate of drug-likeness (QED) is 0.749. The summed E-state index contributed by atoms with van der Waals surface area (Å²) in [6, 6.07) is 2.64. The highest BCUT2D eigenvalue weighted by molar-refractivity contribution is 5.96. The van der Waals surface area contributed by atoms with Crippen molar-refractivity contribution >= 4 is 11.9 Å². The van der Waals surface area contributed by atoms with Crippen molar-refractivity contribution in [2.45, 2.75) is 18.9 Å². The summed E-state index contributed by atoms with van der Waals surface area (Å²) in [5, 5.41) is 11.3. The molecule has 1 unspecified atom stereocenters. The number of carboxylic acid groups (broad SMARTS) is 1. The van der Waals surface area contributed by atoms with E-state index in [1.54, 1.807) is 6.08 Å². The van der Waals surface area contributed by atoms with E-state index in [4.69, 9.17) is 9.84 Å². The van der Waals surface area contributed by atoms with Gasteiger partial charge in [-0.2, -0.15) is 0 Å². The lowest BCUT2D eigenvalue weighted by atomic mass is 10.1. The number of ether oxygens (including phenoxy) is 1. The third kappa shape index (κ3) is 4.08. The molecule has 6 heteroatoms. The number of allylic oxidation sites excluding steroid dienone is 1. The van der Waals surface area contributed by atoms with Gasteiger partial charge >= 0.3 is 5.97 Å². The van der Waals surface area contributed by atoms with E-state index in [9.17, 15) is 14.0 Å². The molecule has 0 saturated carbocycles. The van der Waals surface area contributed by atoms with Gasteiger partial charge in [0.05, 0.1) is 7.11 Å². The molecule has 1 rings (SSSR count). The van der Waals surface area contributed by atoms with Crippen LogP contribution in [0.5, 0.6) is 5.75 Å². The topological polar surface area (TPSA) is 75.6 Å². The van der Waals surface area contributed by atoms with Gasteiger partial charge in [-0.1, -0.05) is 6.08 Å². The summed E-state index contributed by atoms with van der Waals surface area (Å²) in [6.07, 6.45) is 2.24. The Morgan fingerprint density at radius 1 is 1.55 bits per heavy atom. The summed E-state index contributed by atoms with van der Waals surface area (Å²) in [5.74, 6) is -2.46. The molecular weight excluding hydrogens is 265 g/mol. The van der Waals surface area contributed by atoms with Gasteiger partial charge in [-0.05, 0) is 31.0 Å². The van der Waals surface area contributed by atoms with Crippen LogP contribution in [-0.2, 0) is 4.79 Å². The van der Waals surface area contributed by atoms with E-state index < -0.39 is 23.7 Å². The first kappa shape index (κ1) is 15.7. The van der Waals surface area contributed by atoms with Crippen LogP contribution in [0.2, 0.25) is 0 Å². The first-order valence-electron chi connectivity index (χ1n) is 5.97. The van der Waals surface area contributed by atoms with E-state index >= 15 is 0 Å². The van der Waals surface area contributed by atoms with Gasteiger partial charge in [0.1, 0.15) is 6.04 Å². The largest absolute Gasteiger partial charge is 0.494 e. The first-order valence-corrected chi connectivity index (χ1v) is 5.97. The van der Waals surface area contributed by atoms with Crippen molar-refractivity contribution in [1.29, 1.82) is 0 Å². The monoisotopic (exact) mass is 281 g/mol. The van der Waals surface area contributed by atoms with Crippen LogP contribution in [-0.4, -0.2) is 30.1 Å². The summed E-state index contributed by atoms with van der Waals surface area (Å²) in [7, 11) is 1.31. The summed E-state index contributed by atoms with van der Waals surface area (Å²) < 4.78 is 18.2. The molecule has 0 aliphatic rings. The summed E-state index contributed by atoms with van der Waals surface area (Å²) in [5.41, 5.74) is 0.0353. The van der Waals surface area contributed by atoms with Gasteiger partial charge < -0.3 is 15.2 Å². The lowest BCUT2D eigenvalue weighted by Crippen LogP contribution is -2.40. The molecule has 0 spiro atoms. The molecular formula is C14H16FNO4. The maximum atomic E-state index is 13.5. The number of methoxy groups -OCH3 is 1. The smallest absolute Gasteiger partial charge is 0.326 e. The Balaban J connectivity index is 2.80. The minimum absolute atomic E-state index is 0.0167. The predicted octanol–water partition coefficient (Wildman–Crippen LogP) is 1.98. The first-order chi connectivity index (χ1) is 9.49. The fraction of sp³-hybridized carbons (Fsp3) is 0.286. The number of carbonyl (C=O) groups excluding carboxylic acids is 1. The number of nitrogens with one attached hydrogen (secondary N) is 1. The van der Waals surface area contributed by atoms with Gasteiger partial charge in [0.2, 0.25) is 0 Å². The second-order valence-electron chi connectivity index (χ2n) is 4.08. The highest BCUT2D eigenvalue weighted by Crippen LogP contribution is 2.17. The zero-order valence-corrected chi connectivity index (χ0v) is 11.1. The molecule has 0 aliphatic carbocycles. The molecule has 0 bridgehead atoms. The Kier molecular flexibility index (Phi) is 5.71. The van der Waals surface area contributed by atoms with Gasteiger partial charge in [-0.3, -0.25) is 4.79 Å². The van der Waals surface area contributed by atoms with E-state index in [0.29, 0.717) is 6.42 Å². The maximum absolute atomic E-state index is 13.5. The minimum atomic E-state index is -1.14. The van der Waals surface area contributed by atoms with Crippen molar-refractivity contribution in [2.75, 3.05) is 7.11 Å². The maximum Gasteiger partial charge on any atom is 0.326 e. The van der Waals surface area contributed by atoms with Crippen LogP contribution in [0, 0.1) is 5.82 Å². The molecule has 1 amide bonds. The molecule has 0 radical (unpaired) electrons. The second-order valence-corrected chi connectivity index (χ2v) is 4.08. The lowest BCUT2D eigenvalue weighted by Gasteiger charge is -2.14. The fourth-order valence-corrected chi connectivity index (χ4v) is 1.59. The van der Waals surface area contributed by atoms with Crippen molar-refractivity contribution in [3.63, 3.8) is 0 Å². The Morgan fingerprint density at radius 3 is 2.75 bits per heavy atom. The Morgan fingerprint density at radius 2 is 2.25 bits per heavy atom. The second kappa shape index (κ2) is 7.28. The molecule has 5 nitrogen and oxygen atoms in total. The number of rotatable bonds is 7. The average molecular weight is 281 g/mol. The third-order valence-electron chi connectivity index (χ3n) is 2.68. The van der Waals surface area contributed by atoms with Gasteiger partial charge in [0.25, 0.3) is 5.91 Å². The molecule has 20 heavy (non-hydrogen) atoms. The molecule has 0 heterocycles. The Labute approximate surface area is 116 Å². The number of carbonyl (C=O) groups is 2. The summed E-state index contributed by atoms with van der Waals surface area (Å²) >= 11 is 0. The van der Waals surface area contributed by atoms with Gasteiger partial charge in [0, 0.05) is 5.56 Å². The van der Waals surface area contributed by atoms with Crippen molar-refractivity contribution in [2.24, 2.45) is 0 Å². The van der Waals surface area contributed by atoms with E-state index in [2.05, 4.69) is 11.9 Å². The molecule has 2 N–H and O–H groups in total. The number of hydrogen-bond donors (Lipinski definition) is 2. The van der Waals surface area contributed by atoms with Gasteiger partial charge in [0.15, 0.2) is 11.6 Å². The molecule has 1 aromatic carbocycles. The molecule has 0 aliphatic heterocycles.